The van der Waals surface area contributed by atoms with Crippen LogP contribution in [0.5, 0.6) is 11.5 Å². The van der Waals surface area contributed by atoms with Gasteiger partial charge in [-0.05, 0) is 59.8 Å². The van der Waals surface area contributed by atoms with Crippen molar-refractivity contribution in [1.82, 2.24) is 4.90 Å². The molecule has 0 radical (unpaired) electrons. The van der Waals surface area contributed by atoms with Gasteiger partial charge in [-0.25, -0.2) is 0 Å². The van der Waals surface area contributed by atoms with E-state index in [1.165, 1.54) is 14.0 Å². The Labute approximate surface area is 181 Å². The van der Waals surface area contributed by atoms with E-state index in [4.69, 9.17) is 9.47 Å². The minimum absolute atomic E-state index is 0.175. The largest absolute Gasteiger partial charge is 0.497 e. The van der Waals surface area contributed by atoms with Gasteiger partial charge in [-0.15, -0.1) is 0 Å². The van der Waals surface area contributed by atoms with Crippen molar-refractivity contribution in [2.45, 2.75) is 13.5 Å². The monoisotopic (exact) mass is 421 g/mol. The van der Waals surface area contributed by atoms with Gasteiger partial charge in [0.05, 0.1) is 26.5 Å². The van der Waals surface area contributed by atoms with E-state index in [9.17, 15) is 9.59 Å². The number of hydrogen-bond acceptors (Lipinski definition) is 5. The molecule has 31 heavy (non-hydrogen) atoms. The van der Waals surface area contributed by atoms with Crippen molar-refractivity contribution >= 4 is 34.0 Å². The molecule has 0 spiro atoms. The molecule has 0 atom stereocenters. The Bertz CT molecular complexity index is 1100. The van der Waals surface area contributed by atoms with E-state index in [1.54, 1.807) is 25.3 Å². The van der Waals surface area contributed by atoms with Gasteiger partial charge in [0.2, 0.25) is 11.8 Å². The van der Waals surface area contributed by atoms with Crippen molar-refractivity contribution in [3.8, 4) is 11.5 Å². The van der Waals surface area contributed by atoms with Gasteiger partial charge in [0.25, 0.3) is 0 Å². The van der Waals surface area contributed by atoms with E-state index in [1.807, 2.05) is 30.1 Å². The number of carbonyl (C=O) groups excluding carboxylic acids is 2. The fourth-order valence-electron chi connectivity index (χ4n) is 3.39. The number of fused-ring (bicyclic) bond motifs is 1. The van der Waals surface area contributed by atoms with E-state index in [0.29, 0.717) is 23.7 Å². The molecule has 0 aromatic heterocycles. The van der Waals surface area contributed by atoms with Gasteiger partial charge in [-0.2, -0.15) is 0 Å². The van der Waals surface area contributed by atoms with Crippen LogP contribution in [-0.2, 0) is 16.1 Å². The predicted octanol–water partition coefficient (Wildman–Crippen LogP) is 3.89. The molecule has 0 fully saturated rings. The maximum atomic E-state index is 12.6. The number of methoxy groups -OCH3 is 2. The highest BCUT2D eigenvalue weighted by atomic mass is 16.5. The molecule has 2 N–H and O–H groups in total. The van der Waals surface area contributed by atoms with E-state index in [0.717, 1.165) is 22.1 Å². The number of rotatable bonds is 8. The van der Waals surface area contributed by atoms with Crippen LogP contribution in [0.25, 0.3) is 10.8 Å². The van der Waals surface area contributed by atoms with Crippen LogP contribution >= 0.6 is 0 Å². The van der Waals surface area contributed by atoms with Crippen LogP contribution in [-0.4, -0.2) is 44.5 Å². The highest BCUT2D eigenvalue weighted by Gasteiger charge is 2.12. The number of anilines is 2. The minimum Gasteiger partial charge on any atom is -0.497 e. The summed E-state index contributed by atoms with van der Waals surface area (Å²) >= 11 is 0. The summed E-state index contributed by atoms with van der Waals surface area (Å²) in [6.45, 7) is 2.26. The highest BCUT2D eigenvalue weighted by Crippen LogP contribution is 2.28. The molecule has 0 bridgehead atoms. The number of likely N-dealkylation sites (N-methyl/N-ethyl adjacent to an activating group) is 1. The van der Waals surface area contributed by atoms with Gasteiger partial charge in [0, 0.05) is 19.2 Å². The van der Waals surface area contributed by atoms with Gasteiger partial charge < -0.3 is 20.1 Å². The summed E-state index contributed by atoms with van der Waals surface area (Å²) in [4.78, 5) is 25.8. The van der Waals surface area contributed by atoms with E-state index in [2.05, 4.69) is 28.8 Å². The first-order valence-corrected chi connectivity index (χ1v) is 9.88. The first kappa shape index (κ1) is 22.1. The summed E-state index contributed by atoms with van der Waals surface area (Å²) < 4.78 is 10.6. The van der Waals surface area contributed by atoms with Gasteiger partial charge in [0.1, 0.15) is 11.5 Å². The lowest BCUT2D eigenvalue weighted by molar-refractivity contribution is -0.117. The average Bonchev–Trinajstić information content (AvgIpc) is 2.73. The molecule has 0 saturated heterocycles. The molecule has 3 rings (SSSR count). The molecule has 2 amide bonds. The molecule has 0 aliphatic carbocycles. The molecule has 0 aliphatic heterocycles. The molecule has 7 nitrogen and oxygen atoms in total. The van der Waals surface area contributed by atoms with Gasteiger partial charge in [0.15, 0.2) is 0 Å². The lowest BCUT2D eigenvalue weighted by Gasteiger charge is -2.18. The third-order valence-corrected chi connectivity index (χ3v) is 4.77. The maximum Gasteiger partial charge on any atom is 0.238 e. The number of nitrogens with zero attached hydrogens (tertiary/aromatic N) is 1. The van der Waals surface area contributed by atoms with Crippen molar-refractivity contribution in [1.29, 1.82) is 0 Å². The number of ether oxygens (including phenoxy) is 2. The summed E-state index contributed by atoms with van der Waals surface area (Å²) in [6.07, 6.45) is 0. The summed E-state index contributed by atoms with van der Waals surface area (Å²) in [6, 6.07) is 17.3. The second-order valence-corrected chi connectivity index (χ2v) is 7.36. The summed E-state index contributed by atoms with van der Waals surface area (Å²) in [5, 5.41) is 7.79. The lowest BCUT2D eigenvalue weighted by atomic mass is 10.1. The lowest BCUT2D eigenvalue weighted by Crippen LogP contribution is -2.30. The van der Waals surface area contributed by atoms with Crippen LogP contribution in [0.2, 0.25) is 0 Å². The minimum atomic E-state index is -0.184. The summed E-state index contributed by atoms with van der Waals surface area (Å²) in [5.74, 6) is 0.990. The standard InChI is InChI=1S/C24H27N3O4/c1-16(28)25-20-8-10-23(31-4)22(13-20)26-24(29)15-27(2)14-17-5-6-19-12-21(30-3)9-7-18(19)11-17/h5-13H,14-15H2,1-4H3,(H,25,28)(H,26,29). The average molecular weight is 421 g/mol. The number of nitrogens with one attached hydrogen (secondary N) is 2. The molecule has 3 aromatic carbocycles. The Kier molecular flexibility index (Phi) is 7.10. The second kappa shape index (κ2) is 9.95. The van der Waals surface area contributed by atoms with Crippen LogP contribution in [0.3, 0.4) is 0 Å². The molecule has 162 valence electrons. The smallest absolute Gasteiger partial charge is 0.238 e. The van der Waals surface area contributed by atoms with Gasteiger partial charge in [-0.3, -0.25) is 14.5 Å². The molecular formula is C24H27N3O4. The zero-order chi connectivity index (χ0) is 22.4. The molecule has 0 saturated carbocycles. The molecule has 0 aliphatic rings. The molecule has 0 heterocycles. The Morgan fingerprint density at radius 2 is 1.65 bits per heavy atom. The fraction of sp³-hybridized carbons (Fsp3) is 0.250. The third-order valence-electron chi connectivity index (χ3n) is 4.77. The zero-order valence-electron chi connectivity index (χ0n) is 18.2. The predicted molar refractivity (Wildman–Crippen MR) is 123 cm³/mol. The third kappa shape index (κ3) is 5.96. The molecule has 0 unspecified atom stereocenters. The van der Waals surface area contributed by atoms with Crippen molar-refractivity contribution < 1.29 is 19.1 Å². The number of benzene rings is 3. The number of amides is 2. The number of hydrogen-bond donors (Lipinski definition) is 2. The van der Waals surface area contributed by atoms with Crippen LogP contribution in [0.1, 0.15) is 12.5 Å². The molecular weight excluding hydrogens is 394 g/mol. The van der Waals surface area contributed by atoms with Gasteiger partial charge >= 0.3 is 0 Å². The van der Waals surface area contributed by atoms with Crippen LogP contribution < -0.4 is 20.1 Å². The Hall–Kier alpha value is -3.58. The Morgan fingerprint density at radius 1 is 0.903 bits per heavy atom. The maximum absolute atomic E-state index is 12.6. The molecule has 3 aromatic rings. The zero-order valence-corrected chi connectivity index (χ0v) is 18.2. The molecule has 7 heteroatoms. The van der Waals surface area contributed by atoms with Gasteiger partial charge in [-0.1, -0.05) is 18.2 Å². The Morgan fingerprint density at radius 3 is 2.35 bits per heavy atom. The van der Waals surface area contributed by atoms with E-state index in [-0.39, 0.29) is 18.4 Å². The summed E-state index contributed by atoms with van der Waals surface area (Å²) in [7, 11) is 5.08. The van der Waals surface area contributed by atoms with Crippen LogP contribution in [0, 0.1) is 0 Å². The topological polar surface area (TPSA) is 79.9 Å². The number of carbonyl (C=O) groups is 2. The van der Waals surface area contributed by atoms with E-state index >= 15 is 0 Å². The first-order chi connectivity index (χ1) is 14.9. The van der Waals surface area contributed by atoms with Crippen molar-refractivity contribution in [2.24, 2.45) is 0 Å². The van der Waals surface area contributed by atoms with Crippen LogP contribution in [0.4, 0.5) is 11.4 Å². The fourth-order valence-corrected chi connectivity index (χ4v) is 3.39. The van der Waals surface area contributed by atoms with Crippen molar-refractivity contribution in [3.05, 3.63) is 60.2 Å². The second-order valence-electron chi connectivity index (χ2n) is 7.36. The Balaban J connectivity index is 1.64. The highest BCUT2D eigenvalue weighted by molar-refractivity contribution is 5.96. The quantitative estimate of drug-likeness (QED) is 0.577. The SMILES string of the molecule is COc1ccc2cc(CN(C)CC(=O)Nc3cc(NC(C)=O)ccc3OC)ccc2c1. The summed E-state index contributed by atoms with van der Waals surface area (Å²) in [5.41, 5.74) is 2.20. The van der Waals surface area contributed by atoms with Crippen molar-refractivity contribution in [2.75, 3.05) is 38.4 Å². The first-order valence-electron chi connectivity index (χ1n) is 9.88. The van der Waals surface area contributed by atoms with Crippen molar-refractivity contribution in [3.63, 3.8) is 0 Å². The normalized spacial score (nSPS) is 10.7. The van der Waals surface area contributed by atoms with Crippen LogP contribution in [0.15, 0.2) is 54.6 Å². The van der Waals surface area contributed by atoms with E-state index < -0.39 is 0 Å².